The van der Waals surface area contributed by atoms with Crippen molar-refractivity contribution >= 4 is 11.7 Å². The van der Waals surface area contributed by atoms with Gasteiger partial charge < -0.3 is 9.84 Å². The van der Waals surface area contributed by atoms with Gasteiger partial charge in [-0.1, -0.05) is 18.2 Å². The van der Waals surface area contributed by atoms with Crippen LogP contribution >= 0.6 is 0 Å². The van der Waals surface area contributed by atoms with Gasteiger partial charge in [-0.25, -0.2) is 4.79 Å². The van der Waals surface area contributed by atoms with Crippen molar-refractivity contribution in [1.29, 1.82) is 0 Å². The zero-order valence-corrected chi connectivity index (χ0v) is 11.2. The molecule has 0 amide bonds. The Morgan fingerprint density at radius 3 is 2.39 bits per heavy atom. The zero-order chi connectivity index (χ0) is 17.2. The summed E-state index contributed by atoms with van der Waals surface area (Å²) in [5.74, 6) is -2.03. The number of aromatic carboxylic acids is 1. The van der Waals surface area contributed by atoms with Gasteiger partial charge in [0.05, 0.1) is 10.5 Å². The SMILES string of the molecule is O=C(O)c1cc(-c2ccccc2OC(F)(F)F)cc([N+](=O)[O-])c1. The van der Waals surface area contributed by atoms with Crippen molar-refractivity contribution in [3.8, 4) is 16.9 Å². The summed E-state index contributed by atoms with van der Waals surface area (Å²) in [6, 6.07) is 7.80. The van der Waals surface area contributed by atoms with Crippen LogP contribution in [-0.4, -0.2) is 22.4 Å². The Kier molecular flexibility index (Phi) is 4.21. The van der Waals surface area contributed by atoms with Crippen LogP contribution in [0.4, 0.5) is 18.9 Å². The lowest BCUT2D eigenvalue weighted by molar-refractivity contribution is -0.384. The summed E-state index contributed by atoms with van der Waals surface area (Å²) in [6.45, 7) is 0. The maximum Gasteiger partial charge on any atom is 0.573 e. The molecule has 2 aromatic rings. The number of hydrogen-bond acceptors (Lipinski definition) is 4. The number of nitrogens with zero attached hydrogens (tertiary/aromatic N) is 1. The Morgan fingerprint density at radius 1 is 1.17 bits per heavy atom. The second kappa shape index (κ2) is 5.95. The molecule has 1 N–H and O–H groups in total. The molecule has 0 atom stereocenters. The average Bonchev–Trinajstić information content (AvgIpc) is 2.45. The molecular weight excluding hydrogens is 319 g/mol. The third-order valence-electron chi connectivity index (χ3n) is 2.80. The topological polar surface area (TPSA) is 89.7 Å². The van der Waals surface area contributed by atoms with Crippen LogP contribution in [0.5, 0.6) is 5.75 Å². The van der Waals surface area contributed by atoms with Crippen molar-refractivity contribution in [2.45, 2.75) is 6.36 Å². The third-order valence-corrected chi connectivity index (χ3v) is 2.80. The molecule has 9 heteroatoms. The third kappa shape index (κ3) is 3.96. The quantitative estimate of drug-likeness (QED) is 0.680. The molecule has 0 saturated heterocycles. The number of nitro groups is 1. The van der Waals surface area contributed by atoms with Crippen LogP contribution < -0.4 is 4.74 Å². The van der Waals surface area contributed by atoms with Gasteiger partial charge in [-0.2, -0.15) is 0 Å². The molecule has 0 heterocycles. The minimum atomic E-state index is -4.95. The standard InChI is InChI=1S/C14H8F3NO5/c15-14(16,17)23-12-4-2-1-3-11(12)8-5-9(13(19)20)7-10(6-8)18(21)22/h1-7H,(H,19,20). The van der Waals surface area contributed by atoms with Crippen molar-refractivity contribution in [2.75, 3.05) is 0 Å². The number of ether oxygens (including phenoxy) is 1. The number of carboxylic acids is 1. The maximum absolute atomic E-state index is 12.4. The highest BCUT2D eigenvalue weighted by molar-refractivity contribution is 5.91. The first-order valence-electron chi connectivity index (χ1n) is 6.05. The fourth-order valence-corrected chi connectivity index (χ4v) is 1.91. The number of alkyl halides is 3. The van der Waals surface area contributed by atoms with E-state index in [9.17, 15) is 28.1 Å². The molecule has 0 bridgehead atoms. The van der Waals surface area contributed by atoms with Gasteiger partial charge in [0.2, 0.25) is 0 Å². The second-order valence-corrected chi connectivity index (χ2v) is 4.37. The van der Waals surface area contributed by atoms with Crippen LogP contribution in [0.1, 0.15) is 10.4 Å². The predicted molar refractivity (Wildman–Crippen MR) is 72.2 cm³/mol. The van der Waals surface area contributed by atoms with E-state index in [4.69, 9.17) is 5.11 Å². The summed E-state index contributed by atoms with van der Waals surface area (Å²) in [6.07, 6.45) is -4.95. The number of halogens is 3. The summed E-state index contributed by atoms with van der Waals surface area (Å²) in [4.78, 5) is 21.1. The Bertz CT molecular complexity index is 741. The lowest BCUT2D eigenvalue weighted by atomic mass is 10.0. The molecule has 2 aromatic carbocycles. The van der Waals surface area contributed by atoms with Crippen LogP contribution in [0, 0.1) is 10.1 Å². The van der Waals surface area contributed by atoms with Crippen molar-refractivity contribution in [2.24, 2.45) is 0 Å². The first-order chi connectivity index (χ1) is 10.7. The van der Waals surface area contributed by atoms with E-state index in [0.717, 1.165) is 24.3 Å². The number of para-hydroxylation sites is 1. The molecule has 0 aliphatic heterocycles. The van der Waals surface area contributed by atoms with E-state index in [1.165, 1.54) is 18.2 Å². The van der Waals surface area contributed by atoms with E-state index in [1.807, 2.05) is 0 Å². The largest absolute Gasteiger partial charge is 0.573 e. The second-order valence-electron chi connectivity index (χ2n) is 4.37. The maximum atomic E-state index is 12.4. The number of hydrogen-bond donors (Lipinski definition) is 1. The highest BCUT2D eigenvalue weighted by Crippen LogP contribution is 2.35. The minimum absolute atomic E-state index is 0.0727. The number of carbonyl (C=O) groups is 1. The fourth-order valence-electron chi connectivity index (χ4n) is 1.91. The summed E-state index contributed by atoms with van der Waals surface area (Å²) < 4.78 is 41.2. The van der Waals surface area contributed by atoms with Crippen LogP contribution in [-0.2, 0) is 0 Å². The first kappa shape index (κ1) is 16.3. The molecule has 0 unspecified atom stereocenters. The lowest BCUT2D eigenvalue weighted by Gasteiger charge is -2.13. The molecule has 0 fully saturated rings. The van der Waals surface area contributed by atoms with Gasteiger partial charge in [0.1, 0.15) is 5.75 Å². The van der Waals surface area contributed by atoms with Crippen LogP contribution in [0.3, 0.4) is 0 Å². The Morgan fingerprint density at radius 2 is 1.83 bits per heavy atom. The summed E-state index contributed by atoms with van der Waals surface area (Å²) >= 11 is 0. The molecule has 0 aliphatic carbocycles. The van der Waals surface area contributed by atoms with E-state index in [1.54, 1.807) is 0 Å². The normalized spacial score (nSPS) is 11.1. The van der Waals surface area contributed by atoms with Gasteiger partial charge in [0.25, 0.3) is 5.69 Å². The fraction of sp³-hybridized carbons (Fsp3) is 0.0714. The predicted octanol–water partition coefficient (Wildman–Crippen LogP) is 3.86. The lowest BCUT2D eigenvalue weighted by Crippen LogP contribution is -2.17. The van der Waals surface area contributed by atoms with E-state index >= 15 is 0 Å². The molecule has 2 rings (SSSR count). The molecular formula is C14H8F3NO5. The average molecular weight is 327 g/mol. The van der Waals surface area contributed by atoms with Crippen molar-refractivity contribution in [1.82, 2.24) is 0 Å². The van der Waals surface area contributed by atoms with Gasteiger partial charge in [-0.15, -0.1) is 13.2 Å². The highest BCUT2D eigenvalue weighted by atomic mass is 19.4. The van der Waals surface area contributed by atoms with E-state index < -0.39 is 34.3 Å². The first-order valence-corrected chi connectivity index (χ1v) is 6.05. The molecule has 120 valence electrons. The number of benzene rings is 2. The van der Waals surface area contributed by atoms with Crippen molar-refractivity contribution in [3.05, 3.63) is 58.1 Å². The minimum Gasteiger partial charge on any atom is -0.478 e. The Labute approximate surface area is 126 Å². The van der Waals surface area contributed by atoms with Gasteiger partial charge in [-0.3, -0.25) is 10.1 Å². The van der Waals surface area contributed by atoms with Gasteiger partial charge in [-0.05, 0) is 17.7 Å². The summed E-state index contributed by atoms with van der Waals surface area (Å²) in [5.41, 5.74) is -1.16. The molecule has 23 heavy (non-hydrogen) atoms. The Balaban J connectivity index is 2.62. The van der Waals surface area contributed by atoms with Gasteiger partial charge >= 0.3 is 12.3 Å². The molecule has 6 nitrogen and oxygen atoms in total. The van der Waals surface area contributed by atoms with Crippen molar-refractivity contribution in [3.63, 3.8) is 0 Å². The molecule has 0 radical (unpaired) electrons. The van der Waals surface area contributed by atoms with Crippen LogP contribution in [0.25, 0.3) is 11.1 Å². The molecule has 0 aliphatic rings. The summed E-state index contributed by atoms with van der Waals surface area (Å²) in [5, 5.41) is 19.9. The van der Waals surface area contributed by atoms with E-state index in [-0.39, 0.29) is 11.1 Å². The molecule has 0 spiro atoms. The van der Waals surface area contributed by atoms with Crippen molar-refractivity contribution < 1.29 is 32.7 Å². The zero-order valence-electron chi connectivity index (χ0n) is 11.2. The number of carboxylic acid groups (broad SMARTS) is 1. The molecule has 0 saturated carbocycles. The number of nitro benzene ring substituents is 1. The van der Waals surface area contributed by atoms with Gasteiger partial charge in [0, 0.05) is 17.7 Å². The van der Waals surface area contributed by atoms with Crippen LogP contribution in [0.2, 0.25) is 0 Å². The van der Waals surface area contributed by atoms with E-state index in [2.05, 4.69) is 4.74 Å². The smallest absolute Gasteiger partial charge is 0.478 e. The van der Waals surface area contributed by atoms with Gasteiger partial charge in [0.15, 0.2) is 0 Å². The molecule has 0 aromatic heterocycles. The monoisotopic (exact) mass is 327 g/mol. The highest BCUT2D eigenvalue weighted by Gasteiger charge is 2.32. The number of rotatable bonds is 4. The van der Waals surface area contributed by atoms with Crippen LogP contribution in [0.15, 0.2) is 42.5 Å². The Hall–Kier alpha value is -3.10. The van der Waals surface area contributed by atoms with E-state index in [0.29, 0.717) is 0 Å². The summed E-state index contributed by atoms with van der Waals surface area (Å²) in [7, 11) is 0. The number of non-ortho nitro benzene ring substituents is 1.